The van der Waals surface area contributed by atoms with Gasteiger partial charge in [-0.05, 0) is 55.2 Å². The molecule has 5 rings (SSSR count). The number of pyridine rings is 1. The van der Waals surface area contributed by atoms with Crippen LogP contribution in [0.2, 0.25) is 5.02 Å². The van der Waals surface area contributed by atoms with Gasteiger partial charge in [-0.2, -0.15) is 0 Å². The first kappa shape index (κ1) is 20.5. The van der Waals surface area contributed by atoms with Crippen molar-refractivity contribution in [2.45, 2.75) is 38.2 Å². The van der Waals surface area contributed by atoms with Crippen molar-refractivity contribution in [1.29, 1.82) is 0 Å². The fraction of sp³-hybridized carbons (Fsp3) is 0.385. The van der Waals surface area contributed by atoms with Crippen molar-refractivity contribution in [2.75, 3.05) is 19.7 Å². The molecule has 0 radical (unpaired) electrons. The van der Waals surface area contributed by atoms with Gasteiger partial charge < -0.3 is 9.64 Å². The molecule has 1 atom stereocenters. The summed E-state index contributed by atoms with van der Waals surface area (Å²) >= 11 is 6.65. The molecule has 3 heterocycles. The van der Waals surface area contributed by atoms with Crippen LogP contribution in [0, 0.1) is 5.92 Å². The average molecular weight is 435 g/mol. The third kappa shape index (κ3) is 4.32. The molecule has 1 aromatic heterocycles. The predicted molar refractivity (Wildman–Crippen MR) is 124 cm³/mol. The lowest BCUT2D eigenvalue weighted by atomic mass is 9.89. The van der Waals surface area contributed by atoms with Gasteiger partial charge in [0, 0.05) is 36.8 Å². The molecule has 2 saturated heterocycles. The second-order valence-electron chi connectivity index (χ2n) is 8.67. The molecule has 1 unspecified atom stereocenters. The normalized spacial score (nSPS) is 19.8. The molecular formula is C26H27ClN2O2. The smallest absolute Gasteiger partial charge is 0.251 e. The molecule has 0 N–H and O–H groups in total. The molecule has 2 aliphatic heterocycles. The molecule has 1 amide bonds. The van der Waals surface area contributed by atoms with Crippen LogP contribution in [0.4, 0.5) is 0 Å². The number of aromatic nitrogens is 1. The maximum atomic E-state index is 12.5. The van der Waals surface area contributed by atoms with Crippen LogP contribution in [0.15, 0.2) is 54.7 Å². The highest BCUT2D eigenvalue weighted by Crippen LogP contribution is 2.34. The molecule has 0 saturated carbocycles. The van der Waals surface area contributed by atoms with Crippen LogP contribution in [0.5, 0.6) is 0 Å². The van der Waals surface area contributed by atoms with E-state index >= 15 is 0 Å². The van der Waals surface area contributed by atoms with E-state index in [1.807, 2.05) is 17.0 Å². The zero-order valence-corrected chi connectivity index (χ0v) is 18.4. The predicted octanol–water partition coefficient (Wildman–Crippen LogP) is 5.52. The Morgan fingerprint density at radius 1 is 1.06 bits per heavy atom. The summed E-state index contributed by atoms with van der Waals surface area (Å²) in [5, 5.41) is 1.76. The summed E-state index contributed by atoms with van der Waals surface area (Å²) in [7, 11) is 0. The van der Waals surface area contributed by atoms with Gasteiger partial charge in [-0.25, -0.2) is 0 Å². The number of amides is 1. The first-order valence-corrected chi connectivity index (χ1v) is 11.6. The number of hydrogen-bond acceptors (Lipinski definition) is 3. The number of piperidine rings is 1. The monoisotopic (exact) mass is 434 g/mol. The van der Waals surface area contributed by atoms with Gasteiger partial charge in [-0.3, -0.25) is 9.78 Å². The van der Waals surface area contributed by atoms with E-state index in [2.05, 4.69) is 41.4 Å². The number of rotatable bonds is 4. The molecule has 31 heavy (non-hydrogen) atoms. The first-order valence-electron chi connectivity index (χ1n) is 11.2. The Hall–Kier alpha value is -2.43. The Morgan fingerprint density at radius 2 is 1.87 bits per heavy atom. The van der Waals surface area contributed by atoms with Gasteiger partial charge in [0.1, 0.15) is 6.10 Å². The molecule has 4 nitrogen and oxygen atoms in total. The number of nitrogens with zero attached hydrogens (tertiary/aromatic N) is 2. The fourth-order valence-corrected chi connectivity index (χ4v) is 5.15. The van der Waals surface area contributed by atoms with Gasteiger partial charge in [0.2, 0.25) is 0 Å². The maximum Gasteiger partial charge on any atom is 0.251 e. The lowest BCUT2D eigenvalue weighted by molar-refractivity contribution is -0.142. The Labute approximate surface area is 188 Å². The summed E-state index contributed by atoms with van der Waals surface area (Å²) in [6.07, 6.45) is 6.63. The van der Waals surface area contributed by atoms with Gasteiger partial charge in [-0.1, -0.05) is 54.1 Å². The van der Waals surface area contributed by atoms with E-state index in [-0.39, 0.29) is 12.0 Å². The Kier molecular flexibility index (Phi) is 5.93. The minimum atomic E-state index is -0.193. The van der Waals surface area contributed by atoms with E-state index in [0.717, 1.165) is 73.8 Å². The van der Waals surface area contributed by atoms with E-state index in [1.165, 1.54) is 5.56 Å². The van der Waals surface area contributed by atoms with Crippen LogP contribution in [0.1, 0.15) is 31.2 Å². The first-order chi connectivity index (χ1) is 15.2. The zero-order chi connectivity index (χ0) is 21.2. The number of likely N-dealkylation sites (tertiary alicyclic amines) is 1. The quantitative estimate of drug-likeness (QED) is 0.543. The molecule has 0 bridgehead atoms. The standard InChI is InChI=1S/C26H27ClN2O2/c27-24-22(10-9-21-3-1-13-28-25(21)24)20-7-5-18(6-8-20)17-19-11-14-29(15-12-19)26(30)23-4-2-16-31-23/h1,3,5-10,13,19,23H,2,4,11-12,14-17H2. The number of ether oxygens (including phenoxy) is 1. The molecule has 2 aliphatic rings. The largest absolute Gasteiger partial charge is 0.368 e. The van der Waals surface area contributed by atoms with Crippen LogP contribution in [-0.4, -0.2) is 41.6 Å². The van der Waals surface area contributed by atoms with Crippen molar-refractivity contribution in [1.82, 2.24) is 9.88 Å². The number of benzene rings is 2. The highest BCUT2D eigenvalue weighted by Gasteiger charge is 2.30. The fourth-order valence-electron chi connectivity index (χ4n) is 4.82. The molecular weight excluding hydrogens is 408 g/mol. The molecule has 2 aromatic carbocycles. The SMILES string of the molecule is O=C(C1CCCO1)N1CCC(Cc2ccc(-c3ccc4cccnc4c3Cl)cc2)CC1. The molecule has 3 aromatic rings. The number of hydrogen-bond donors (Lipinski definition) is 0. The number of carbonyl (C=O) groups excluding carboxylic acids is 1. The maximum absolute atomic E-state index is 12.5. The van der Waals surface area contributed by atoms with Gasteiger partial charge in [0.25, 0.3) is 5.91 Å². The Balaban J connectivity index is 1.21. The van der Waals surface area contributed by atoms with E-state index < -0.39 is 0 Å². The second-order valence-corrected chi connectivity index (χ2v) is 9.05. The van der Waals surface area contributed by atoms with Gasteiger partial charge in [0.15, 0.2) is 0 Å². The van der Waals surface area contributed by atoms with E-state index in [9.17, 15) is 4.79 Å². The summed E-state index contributed by atoms with van der Waals surface area (Å²) in [5.41, 5.74) is 4.30. The van der Waals surface area contributed by atoms with Crippen LogP contribution in [0.3, 0.4) is 0 Å². The molecule has 160 valence electrons. The number of fused-ring (bicyclic) bond motifs is 1. The highest BCUT2D eigenvalue weighted by atomic mass is 35.5. The lowest BCUT2D eigenvalue weighted by Crippen LogP contribution is -2.44. The van der Waals surface area contributed by atoms with Crippen LogP contribution >= 0.6 is 11.6 Å². The second kappa shape index (κ2) is 8.97. The van der Waals surface area contributed by atoms with Crippen molar-refractivity contribution < 1.29 is 9.53 Å². The third-order valence-electron chi connectivity index (χ3n) is 6.63. The van der Waals surface area contributed by atoms with Crippen molar-refractivity contribution in [3.05, 3.63) is 65.3 Å². The summed E-state index contributed by atoms with van der Waals surface area (Å²) < 4.78 is 5.57. The summed E-state index contributed by atoms with van der Waals surface area (Å²) in [6, 6.07) is 16.8. The van der Waals surface area contributed by atoms with Crippen LogP contribution in [0.25, 0.3) is 22.0 Å². The number of carbonyl (C=O) groups is 1. The van der Waals surface area contributed by atoms with Crippen molar-refractivity contribution in [3.8, 4) is 11.1 Å². The summed E-state index contributed by atoms with van der Waals surface area (Å²) in [5.74, 6) is 0.815. The highest BCUT2D eigenvalue weighted by molar-refractivity contribution is 6.37. The van der Waals surface area contributed by atoms with Gasteiger partial charge in [-0.15, -0.1) is 0 Å². The van der Waals surface area contributed by atoms with Gasteiger partial charge >= 0.3 is 0 Å². The van der Waals surface area contributed by atoms with Crippen molar-refractivity contribution in [3.63, 3.8) is 0 Å². The molecule has 0 aliphatic carbocycles. The molecule has 0 spiro atoms. The summed E-state index contributed by atoms with van der Waals surface area (Å²) in [4.78, 5) is 19.0. The lowest BCUT2D eigenvalue weighted by Gasteiger charge is -2.33. The van der Waals surface area contributed by atoms with E-state index in [0.29, 0.717) is 10.9 Å². The van der Waals surface area contributed by atoms with Gasteiger partial charge in [0.05, 0.1) is 10.5 Å². The minimum absolute atomic E-state index is 0.193. The van der Waals surface area contributed by atoms with Crippen LogP contribution in [-0.2, 0) is 16.0 Å². The summed E-state index contributed by atoms with van der Waals surface area (Å²) in [6.45, 7) is 2.42. The Morgan fingerprint density at radius 3 is 2.61 bits per heavy atom. The van der Waals surface area contributed by atoms with Crippen LogP contribution < -0.4 is 0 Å². The van der Waals surface area contributed by atoms with Crippen molar-refractivity contribution in [2.24, 2.45) is 5.92 Å². The minimum Gasteiger partial charge on any atom is -0.368 e. The Bertz CT molecular complexity index is 1070. The zero-order valence-electron chi connectivity index (χ0n) is 17.6. The van der Waals surface area contributed by atoms with Crippen molar-refractivity contribution >= 4 is 28.4 Å². The average Bonchev–Trinajstić information content (AvgIpc) is 3.35. The molecule has 5 heteroatoms. The van der Waals surface area contributed by atoms with E-state index in [4.69, 9.17) is 16.3 Å². The third-order valence-corrected chi connectivity index (χ3v) is 7.02. The number of halogens is 1. The van der Waals surface area contributed by atoms with E-state index in [1.54, 1.807) is 6.20 Å². The topological polar surface area (TPSA) is 42.4 Å². The molecule has 2 fully saturated rings.